The Balaban J connectivity index is 1.55. The van der Waals surface area contributed by atoms with Gasteiger partial charge in [-0.2, -0.15) is 0 Å². The van der Waals surface area contributed by atoms with Gasteiger partial charge >= 0.3 is 0 Å². The molecule has 0 saturated heterocycles. The monoisotopic (exact) mass is 399 g/mol. The molecule has 2 aliphatic heterocycles. The molecule has 1 aliphatic carbocycles. The molecule has 0 spiro atoms. The average Bonchev–Trinajstić information content (AvgIpc) is 3.19. The van der Waals surface area contributed by atoms with E-state index in [9.17, 15) is 9.59 Å². The Labute approximate surface area is 175 Å². The summed E-state index contributed by atoms with van der Waals surface area (Å²) in [4.78, 5) is 34.7. The highest BCUT2D eigenvalue weighted by Gasteiger charge is 2.46. The predicted molar refractivity (Wildman–Crippen MR) is 116 cm³/mol. The number of nitrogens with zero attached hydrogens (tertiary/aromatic N) is 2. The molecular weight excluding hydrogens is 374 g/mol. The molecule has 1 saturated carbocycles. The van der Waals surface area contributed by atoms with Crippen molar-refractivity contribution in [3.05, 3.63) is 65.4 Å². The number of H-pyrrole nitrogens is 1. The number of carbonyl (C=O) groups excluding carboxylic acids is 2. The van der Waals surface area contributed by atoms with Gasteiger partial charge in [-0.1, -0.05) is 49.6 Å². The smallest absolute Gasteiger partial charge is 0.257 e. The lowest BCUT2D eigenvalue weighted by Gasteiger charge is -2.47. The summed E-state index contributed by atoms with van der Waals surface area (Å²) in [6, 6.07) is 15.9. The lowest BCUT2D eigenvalue weighted by molar-refractivity contribution is -0.124. The zero-order valence-electron chi connectivity index (χ0n) is 16.9. The number of carbonyl (C=O) groups is 2. The Morgan fingerprint density at radius 3 is 2.60 bits per heavy atom. The van der Waals surface area contributed by atoms with Gasteiger partial charge in [0.15, 0.2) is 6.17 Å². The molecule has 1 aromatic heterocycles. The molecule has 152 valence electrons. The molecule has 2 aromatic carbocycles. The molecule has 1 fully saturated rings. The van der Waals surface area contributed by atoms with Gasteiger partial charge in [-0.3, -0.25) is 14.5 Å². The molecule has 3 heterocycles. The summed E-state index contributed by atoms with van der Waals surface area (Å²) in [6.45, 7) is 0.626. The van der Waals surface area contributed by atoms with Crippen molar-refractivity contribution < 1.29 is 9.59 Å². The zero-order chi connectivity index (χ0) is 20.2. The van der Waals surface area contributed by atoms with Crippen molar-refractivity contribution in [2.45, 2.75) is 44.7 Å². The zero-order valence-corrected chi connectivity index (χ0v) is 16.9. The Kier molecular flexibility index (Phi) is 3.98. The fourth-order valence-corrected chi connectivity index (χ4v) is 5.64. The lowest BCUT2D eigenvalue weighted by Crippen LogP contribution is -2.55. The normalized spacial score (nSPS) is 21.3. The Hall–Kier alpha value is -3.08. The van der Waals surface area contributed by atoms with Gasteiger partial charge in [0, 0.05) is 23.4 Å². The first kappa shape index (κ1) is 17.8. The van der Waals surface area contributed by atoms with Crippen molar-refractivity contribution in [3.63, 3.8) is 0 Å². The maximum Gasteiger partial charge on any atom is 0.257 e. The predicted octanol–water partition coefficient (Wildman–Crippen LogP) is 4.79. The van der Waals surface area contributed by atoms with Crippen molar-refractivity contribution >= 4 is 28.4 Å². The van der Waals surface area contributed by atoms with Crippen LogP contribution < -0.4 is 4.90 Å². The van der Waals surface area contributed by atoms with Crippen LogP contribution in [0.15, 0.2) is 48.5 Å². The first-order valence-electron chi connectivity index (χ1n) is 11.1. The van der Waals surface area contributed by atoms with Crippen molar-refractivity contribution in [2.75, 3.05) is 11.4 Å². The van der Waals surface area contributed by atoms with E-state index in [4.69, 9.17) is 0 Å². The third kappa shape index (κ3) is 2.47. The highest BCUT2D eigenvalue weighted by molar-refractivity contribution is 6.09. The molecule has 30 heavy (non-hydrogen) atoms. The third-order valence-electron chi connectivity index (χ3n) is 7.09. The number of anilines is 1. The molecule has 0 bridgehead atoms. The number of benzene rings is 2. The van der Waals surface area contributed by atoms with E-state index in [0.717, 1.165) is 49.0 Å². The number of fused-ring (bicyclic) bond motifs is 6. The molecule has 6 rings (SSSR count). The fraction of sp³-hybridized carbons (Fsp3) is 0.360. The second kappa shape index (κ2) is 6.73. The summed E-state index contributed by atoms with van der Waals surface area (Å²) in [6.07, 6.45) is 5.72. The van der Waals surface area contributed by atoms with E-state index in [0.29, 0.717) is 12.1 Å². The van der Waals surface area contributed by atoms with Crippen molar-refractivity contribution in [2.24, 2.45) is 5.92 Å². The van der Waals surface area contributed by atoms with E-state index in [2.05, 4.69) is 23.2 Å². The lowest BCUT2D eigenvalue weighted by atomic mass is 9.86. The van der Waals surface area contributed by atoms with Crippen LogP contribution in [0, 0.1) is 5.92 Å². The van der Waals surface area contributed by atoms with Crippen LogP contribution in [0.25, 0.3) is 10.9 Å². The van der Waals surface area contributed by atoms with Crippen LogP contribution in [0.2, 0.25) is 0 Å². The second-order valence-electron chi connectivity index (χ2n) is 8.75. The number of nitrogens with one attached hydrogen (secondary N) is 1. The third-order valence-corrected chi connectivity index (χ3v) is 7.09. The average molecular weight is 399 g/mol. The van der Waals surface area contributed by atoms with Crippen LogP contribution in [0.1, 0.15) is 59.9 Å². The molecular formula is C25H25N3O2. The minimum absolute atomic E-state index is 0.0209. The molecule has 0 radical (unpaired) electrons. The van der Waals surface area contributed by atoms with Gasteiger partial charge in [0.1, 0.15) is 0 Å². The van der Waals surface area contributed by atoms with Crippen LogP contribution in [-0.2, 0) is 11.2 Å². The van der Waals surface area contributed by atoms with Gasteiger partial charge in [0.05, 0.1) is 16.9 Å². The number of aromatic nitrogens is 1. The summed E-state index contributed by atoms with van der Waals surface area (Å²) >= 11 is 0. The van der Waals surface area contributed by atoms with E-state index in [-0.39, 0.29) is 17.7 Å². The first-order valence-corrected chi connectivity index (χ1v) is 11.1. The fourth-order valence-electron chi connectivity index (χ4n) is 5.64. The van der Waals surface area contributed by atoms with E-state index < -0.39 is 6.17 Å². The number of rotatable bonds is 1. The van der Waals surface area contributed by atoms with Gasteiger partial charge in [0.2, 0.25) is 5.91 Å². The van der Waals surface area contributed by atoms with Crippen LogP contribution >= 0.6 is 0 Å². The summed E-state index contributed by atoms with van der Waals surface area (Å²) < 4.78 is 0. The quantitative estimate of drug-likeness (QED) is 0.639. The molecule has 1 N–H and O–H groups in total. The Bertz CT molecular complexity index is 1160. The van der Waals surface area contributed by atoms with E-state index in [1.54, 1.807) is 0 Å². The first-order chi connectivity index (χ1) is 14.7. The maximum atomic E-state index is 13.9. The van der Waals surface area contributed by atoms with Gasteiger partial charge in [0.25, 0.3) is 5.91 Å². The topological polar surface area (TPSA) is 56.4 Å². The van der Waals surface area contributed by atoms with E-state index >= 15 is 0 Å². The number of amides is 2. The molecule has 0 unspecified atom stereocenters. The number of aromatic amines is 1. The van der Waals surface area contributed by atoms with Gasteiger partial charge in [-0.15, -0.1) is 0 Å². The summed E-state index contributed by atoms with van der Waals surface area (Å²) in [5.41, 5.74) is 4.69. The molecule has 3 aliphatic rings. The highest BCUT2D eigenvalue weighted by Crippen LogP contribution is 2.45. The second-order valence-corrected chi connectivity index (χ2v) is 8.75. The maximum absolute atomic E-state index is 13.9. The van der Waals surface area contributed by atoms with Gasteiger partial charge in [-0.25, -0.2) is 0 Å². The van der Waals surface area contributed by atoms with Crippen LogP contribution in [0.4, 0.5) is 5.69 Å². The van der Waals surface area contributed by atoms with Crippen molar-refractivity contribution in [3.8, 4) is 0 Å². The number of hydrogen-bond donors (Lipinski definition) is 1. The van der Waals surface area contributed by atoms with Crippen molar-refractivity contribution in [1.82, 2.24) is 9.88 Å². The molecule has 3 aromatic rings. The van der Waals surface area contributed by atoms with Gasteiger partial charge < -0.3 is 9.88 Å². The van der Waals surface area contributed by atoms with Crippen LogP contribution in [0.5, 0.6) is 0 Å². The summed E-state index contributed by atoms with van der Waals surface area (Å²) in [5.74, 6) is 0.223. The summed E-state index contributed by atoms with van der Waals surface area (Å²) in [7, 11) is 0. The summed E-state index contributed by atoms with van der Waals surface area (Å²) in [5, 5.41) is 1.20. The molecule has 2 amide bonds. The van der Waals surface area contributed by atoms with E-state index in [1.807, 2.05) is 40.1 Å². The Morgan fingerprint density at radius 1 is 0.967 bits per heavy atom. The minimum atomic E-state index is -0.391. The Morgan fingerprint density at radius 2 is 1.73 bits per heavy atom. The van der Waals surface area contributed by atoms with Gasteiger partial charge in [-0.05, 0) is 43.0 Å². The molecule has 5 heteroatoms. The number of para-hydroxylation sites is 2. The molecule has 5 nitrogen and oxygen atoms in total. The highest BCUT2D eigenvalue weighted by atomic mass is 16.2. The SMILES string of the molecule is O=C1c2ccccc2N(C(=O)C2CCCCC2)[C@@H]2c3[nH]c4ccccc4c3CCN12. The van der Waals surface area contributed by atoms with Crippen LogP contribution in [0.3, 0.4) is 0 Å². The van der Waals surface area contributed by atoms with E-state index in [1.165, 1.54) is 17.4 Å². The van der Waals surface area contributed by atoms with Crippen molar-refractivity contribution in [1.29, 1.82) is 0 Å². The largest absolute Gasteiger partial charge is 0.355 e. The number of hydrogen-bond acceptors (Lipinski definition) is 2. The van der Waals surface area contributed by atoms with Crippen LogP contribution in [-0.4, -0.2) is 28.2 Å². The molecule has 1 atom stereocenters. The standard InChI is InChI=1S/C25H25N3O2/c29-24(16-8-2-1-3-9-16)28-21-13-7-5-11-19(21)25(30)27-15-14-18-17-10-4-6-12-20(17)26-22(18)23(27)28/h4-7,10-13,16,23,26H,1-3,8-9,14-15H2/t23-/m1/s1. The minimum Gasteiger partial charge on any atom is -0.355 e.